The lowest BCUT2D eigenvalue weighted by Gasteiger charge is -2.33. The molecule has 1 aliphatic rings. The van der Waals surface area contributed by atoms with Crippen LogP contribution in [0.15, 0.2) is 23.3 Å². The van der Waals surface area contributed by atoms with Crippen LogP contribution in [0.3, 0.4) is 0 Å². The second-order valence-electron chi connectivity index (χ2n) is 7.98. The fourth-order valence-electron chi connectivity index (χ4n) is 3.46. The highest BCUT2D eigenvalue weighted by atomic mass is 16.2. The Labute approximate surface area is 149 Å². The van der Waals surface area contributed by atoms with Gasteiger partial charge < -0.3 is 9.80 Å². The van der Waals surface area contributed by atoms with E-state index in [0.29, 0.717) is 11.8 Å². The molecular weight excluding hydrogens is 296 g/mol. The van der Waals surface area contributed by atoms with E-state index >= 15 is 0 Å². The molecule has 2 unspecified atom stereocenters. The molecule has 1 aliphatic carbocycles. The Bertz CT molecular complexity index is 447. The SMILES string of the molecule is CC(=O)N(CCCN(C)C)CC1CC=C(CCC=C(C)C)CC1C. The van der Waals surface area contributed by atoms with E-state index < -0.39 is 0 Å². The van der Waals surface area contributed by atoms with Gasteiger partial charge >= 0.3 is 0 Å². The molecule has 0 heterocycles. The van der Waals surface area contributed by atoms with E-state index in [1.807, 2.05) is 0 Å². The first kappa shape index (κ1) is 21.0. The van der Waals surface area contributed by atoms with Gasteiger partial charge in [0.2, 0.25) is 5.91 Å². The topological polar surface area (TPSA) is 23.6 Å². The van der Waals surface area contributed by atoms with Crippen molar-refractivity contribution in [1.29, 1.82) is 0 Å². The molecule has 0 bridgehead atoms. The Balaban J connectivity index is 2.50. The number of hydrogen-bond acceptors (Lipinski definition) is 2. The van der Waals surface area contributed by atoms with Crippen molar-refractivity contribution in [2.75, 3.05) is 33.7 Å². The molecule has 0 saturated carbocycles. The summed E-state index contributed by atoms with van der Waals surface area (Å²) in [4.78, 5) is 16.2. The molecule has 0 N–H and O–H groups in total. The number of allylic oxidation sites excluding steroid dienone is 4. The average Bonchev–Trinajstić information content (AvgIpc) is 2.47. The van der Waals surface area contributed by atoms with Gasteiger partial charge in [-0.15, -0.1) is 0 Å². The van der Waals surface area contributed by atoms with Crippen LogP contribution in [0, 0.1) is 11.8 Å². The monoisotopic (exact) mass is 334 g/mol. The zero-order valence-electron chi connectivity index (χ0n) is 16.8. The Morgan fingerprint density at radius 1 is 1.25 bits per heavy atom. The minimum Gasteiger partial charge on any atom is -0.343 e. The van der Waals surface area contributed by atoms with Gasteiger partial charge in [-0.1, -0.05) is 30.2 Å². The lowest BCUT2D eigenvalue weighted by molar-refractivity contribution is -0.129. The highest BCUT2D eigenvalue weighted by Crippen LogP contribution is 2.32. The van der Waals surface area contributed by atoms with Crippen molar-refractivity contribution >= 4 is 5.91 Å². The molecule has 3 nitrogen and oxygen atoms in total. The van der Waals surface area contributed by atoms with Gasteiger partial charge in [-0.2, -0.15) is 0 Å². The van der Waals surface area contributed by atoms with Gasteiger partial charge in [0.15, 0.2) is 0 Å². The third-order valence-electron chi connectivity index (χ3n) is 5.05. The Hall–Kier alpha value is -1.09. The van der Waals surface area contributed by atoms with E-state index in [9.17, 15) is 4.79 Å². The highest BCUT2D eigenvalue weighted by Gasteiger charge is 2.25. The van der Waals surface area contributed by atoms with E-state index in [1.54, 1.807) is 12.5 Å². The molecule has 0 aromatic heterocycles. The van der Waals surface area contributed by atoms with Crippen LogP contribution in [0.2, 0.25) is 0 Å². The fourth-order valence-corrected chi connectivity index (χ4v) is 3.46. The van der Waals surface area contributed by atoms with Crippen LogP contribution in [0.4, 0.5) is 0 Å². The number of carbonyl (C=O) groups excluding carboxylic acids is 1. The molecule has 0 fully saturated rings. The van der Waals surface area contributed by atoms with Gasteiger partial charge in [-0.05, 0) is 78.4 Å². The first-order valence-electron chi connectivity index (χ1n) is 9.51. The third-order valence-corrected chi connectivity index (χ3v) is 5.05. The molecular formula is C21H38N2O. The summed E-state index contributed by atoms with van der Waals surface area (Å²) in [5, 5.41) is 0. The van der Waals surface area contributed by atoms with E-state index in [2.05, 4.69) is 56.8 Å². The van der Waals surface area contributed by atoms with Gasteiger partial charge in [-0.3, -0.25) is 4.79 Å². The largest absolute Gasteiger partial charge is 0.343 e. The number of carbonyl (C=O) groups is 1. The maximum absolute atomic E-state index is 12.0. The highest BCUT2D eigenvalue weighted by molar-refractivity contribution is 5.73. The smallest absolute Gasteiger partial charge is 0.219 e. The van der Waals surface area contributed by atoms with Crippen molar-refractivity contribution < 1.29 is 4.79 Å². The van der Waals surface area contributed by atoms with E-state index in [-0.39, 0.29) is 5.91 Å². The minimum atomic E-state index is 0.222. The number of amides is 1. The average molecular weight is 335 g/mol. The summed E-state index contributed by atoms with van der Waals surface area (Å²) in [6.07, 6.45) is 10.5. The lowest BCUT2D eigenvalue weighted by atomic mass is 9.79. The summed E-state index contributed by atoms with van der Waals surface area (Å²) >= 11 is 0. The molecule has 0 aliphatic heterocycles. The van der Waals surface area contributed by atoms with Crippen molar-refractivity contribution in [3.05, 3.63) is 23.3 Å². The number of hydrogen-bond donors (Lipinski definition) is 0. The predicted molar refractivity (Wildman–Crippen MR) is 104 cm³/mol. The summed E-state index contributed by atoms with van der Waals surface area (Å²) in [5.74, 6) is 1.51. The molecule has 2 atom stereocenters. The van der Waals surface area contributed by atoms with Gasteiger partial charge in [0.1, 0.15) is 0 Å². The summed E-state index contributed by atoms with van der Waals surface area (Å²) in [6.45, 7) is 11.2. The molecule has 24 heavy (non-hydrogen) atoms. The normalized spacial score (nSPS) is 20.7. The van der Waals surface area contributed by atoms with Crippen LogP contribution in [0.1, 0.15) is 59.8 Å². The zero-order chi connectivity index (χ0) is 18.1. The van der Waals surface area contributed by atoms with Crippen molar-refractivity contribution in [1.82, 2.24) is 9.80 Å². The molecule has 3 heteroatoms. The first-order chi connectivity index (χ1) is 11.3. The van der Waals surface area contributed by atoms with Crippen LogP contribution < -0.4 is 0 Å². The summed E-state index contributed by atoms with van der Waals surface area (Å²) in [6, 6.07) is 0. The van der Waals surface area contributed by atoms with Crippen molar-refractivity contribution in [2.24, 2.45) is 11.8 Å². The molecule has 0 saturated heterocycles. The van der Waals surface area contributed by atoms with Gasteiger partial charge in [0.05, 0.1) is 0 Å². The minimum absolute atomic E-state index is 0.222. The third kappa shape index (κ3) is 8.14. The second-order valence-corrected chi connectivity index (χ2v) is 7.98. The Morgan fingerprint density at radius 3 is 2.50 bits per heavy atom. The summed E-state index contributed by atoms with van der Waals surface area (Å²) in [7, 11) is 4.17. The second kappa shape index (κ2) is 10.7. The van der Waals surface area contributed by atoms with Crippen molar-refractivity contribution in [3.63, 3.8) is 0 Å². The van der Waals surface area contributed by atoms with Crippen LogP contribution in [0.5, 0.6) is 0 Å². The van der Waals surface area contributed by atoms with E-state index in [4.69, 9.17) is 0 Å². The molecule has 0 radical (unpaired) electrons. The number of rotatable bonds is 9. The van der Waals surface area contributed by atoms with Crippen LogP contribution in [-0.2, 0) is 4.79 Å². The van der Waals surface area contributed by atoms with Crippen molar-refractivity contribution in [2.45, 2.75) is 59.8 Å². The van der Waals surface area contributed by atoms with Gasteiger partial charge in [-0.25, -0.2) is 0 Å². The van der Waals surface area contributed by atoms with E-state index in [1.165, 1.54) is 18.4 Å². The van der Waals surface area contributed by atoms with E-state index in [0.717, 1.165) is 38.9 Å². The van der Waals surface area contributed by atoms with Gasteiger partial charge in [0.25, 0.3) is 0 Å². The Morgan fingerprint density at radius 2 is 1.96 bits per heavy atom. The van der Waals surface area contributed by atoms with Gasteiger partial charge in [0, 0.05) is 20.0 Å². The Kier molecular flexibility index (Phi) is 9.35. The first-order valence-corrected chi connectivity index (χ1v) is 9.51. The molecule has 1 amide bonds. The van der Waals surface area contributed by atoms with Crippen LogP contribution >= 0.6 is 0 Å². The lowest BCUT2D eigenvalue weighted by Crippen LogP contribution is -2.38. The quantitative estimate of drug-likeness (QED) is 0.579. The molecule has 0 spiro atoms. The zero-order valence-corrected chi connectivity index (χ0v) is 16.8. The van der Waals surface area contributed by atoms with Crippen LogP contribution in [-0.4, -0.2) is 49.4 Å². The molecule has 0 aromatic rings. The predicted octanol–water partition coefficient (Wildman–Crippen LogP) is 4.51. The maximum atomic E-state index is 12.0. The molecule has 138 valence electrons. The maximum Gasteiger partial charge on any atom is 0.219 e. The fraction of sp³-hybridized carbons (Fsp3) is 0.762. The molecule has 0 aromatic carbocycles. The van der Waals surface area contributed by atoms with Crippen molar-refractivity contribution in [3.8, 4) is 0 Å². The summed E-state index contributed by atoms with van der Waals surface area (Å²) in [5.41, 5.74) is 3.02. The standard InChI is InChI=1S/C21H38N2O/c1-17(2)9-7-10-20-11-12-21(18(3)15-20)16-23(19(4)24)14-8-13-22(5)6/h9,11,18,21H,7-8,10,12-16H2,1-6H3. The molecule has 1 rings (SSSR count). The summed E-state index contributed by atoms with van der Waals surface area (Å²) < 4.78 is 0. The van der Waals surface area contributed by atoms with Crippen LogP contribution in [0.25, 0.3) is 0 Å². The number of nitrogens with zero attached hydrogens (tertiary/aromatic N) is 2.